The summed E-state index contributed by atoms with van der Waals surface area (Å²) in [7, 11) is 0. The van der Waals surface area contributed by atoms with Crippen molar-refractivity contribution >= 4 is 39.9 Å². The Labute approximate surface area is 182 Å². The summed E-state index contributed by atoms with van der Waals surface area (Å²) >= 11 is 12.0. The van der Waals surface area contributed by atoms with E-state index in [1.54, 1.807) is 16.3 Å². The van der Waals surface area contributed by atoms with Crippen molar-refractivity contribution in [1.29, 1.82) is 0 Å². The molecule has 0 saturated heterocycles. The zero-order valence-electron chi connectivity index (χ0n) is 16.4. The van der Waals surface area contributed by atoms with Crippen molar-refractivity contribution in [3.05, 3.63) is 32.4 Å². The summed E-state index contributed by atoms with van der Waals surface area (Å²) in [5, 5.41) is 21.3. The van der Waals surface area contributed by atoms with Gasteiger partial charge in [0, 0.05) is 19.2 Å². The van der Waals surface area contributed by atoms with Crippen molar-refractivity contribution < 1.29 is 9.66 Å². The standard InChI is InChI=1S/C18H21Cl2N7O3/c1-11-14(27(28)29)17(26(23-11)12-6-3-2-4-7-12)30-9-5-8-25-16-13(15(19)24-25)10-21-18(20)22-16/h10,12H,2-9H2,1H3. The molecule has 3 aromatic heterocycles. The van der Waals surface area contributed by atoms with Crippen molar-refractivity contribution in [3.8, 4) is 5.88 Å². The molecule has 10 nitrogen and oxygen atoms in total. The Balaban J connectivity index is 1.49. The third kappa shape index (κ3) is 4.06. The zero-order valence-corrected chi connectivity index (χ0v) is 17.9. The maximum absolute atomic E-state index is 11.6. The van der Waals surface area contributed by atoms with Crippen LogP contribution in [0.15, 0.2) is 6.20 Å². The molecule has 1 aliphatic carbocycles. The lowest BCUT2D eigenvalue weighted by molar-refractivity contribution is -0.386. The first-order valence-corrected chi connectivity index (χ1v) is 10.6. The Hall–Kier alpha value is -2.46. The Morgan fingerprint density at radius 2 is 2.03 bits per heavy atom. The molecule has 0 N–H and O–H groups in total. The summed E-state index contributed by atoms with van der Waals surface area (Å²) in [6.45, 7) is 2.36. The van der Waals surface area contributed by atoms with Gasteiger partial charge in [0.15, 0.2) is 10.8 Å². The van der Waals surface area contributed by atoms with E-state index in [4.69, 9.17) is 27.9 Å². The Morgan fingerprint density at radius 3 is 2.77 bits per heavy atom. The molecule has 4 rings (SSSR count). The fraction of sp³-hybridized carbons (Fsp3) is 0.556. The smallest absolute Gasteiger partial charge is 0.353 e. The first kappa shape index (κ1) is 20.8. The van der Waals surface area contributed by atoms with E-state index in [1.165, 1.54) is 12.6 Å². The van der Waals surface area contributed by atoms with Crippen LogP contribution in [0.3, 0.4) is 0 Å². The number of nitro groups is 1. The maximum Gasteiger partial charge on any atom is 0.353 e. The number of aromatic nitrogens is 6. The van der Waals surface area contributed by atoms with Crippen LogP contribution in [0, 0.1) is 17.0 Å². The average Bonchev–Trinajstić information content (AvgIpc) is 3.22. The maximum atomic E-state index is 11.6. The number of nitrogens with zero attached hydrogens (tertiary/aromatic N) is 7. The van der Waals surface area contributed by atoms with Gasteiger partial charge in [0.25, 0.3) is 5.88 Å². The van der Waals surface area contributed by atoms with Crippen molar-refractivity contribution in [2.45, 2.75) is 58.0 Å². The second-order valence-corrected chi connectivity index (χ2v) is 8.02. The monoisotopic (exact) mass is 453 g/mol. The van der Waals surface area contributed by atoms with Crippen molar-refractivity contribution in [2.75, 3.05) is 6.61 Å². The number of rotatable bonds is 7. The van der Waals surface area contributed by atoms with Gasteiger partial charge in [0.05, 0.1) is 23.0 Å². The van der Waals surface area contributed by atoms with E-state index in [9.17, 15) is 10.1 Å². The van der Waals surface area contributed by atoms with E-state index in [2.05, 4.69) is 20.2 Å². The minimum absolute atomic E-state index is 0.0623. The van der Waals surface area contributed by atoms with Crippen LogP contribution in [-0.4, -0.2) is 41.1 Å². The molecule has 0 radical (unpaired) electrons. The molecule has 0 aliphatic heterocycles. The minimum Gasteiger partial charge on any atom is -0.473 e. The second-order valence-electron chi connectivity index (χ2n) is 7.32. The van der Waals surface area contributed by atoms with Gasteiger partial charge in [-0.25, -0.2) is 14.3 Å². The molecule has 0 amide bonds. The molecule has 0 bridgehead atoms. The molecule has 0 aromatic carbocycles. The molecule has 1 aliphatic rings. The van der Waals surface area contributed by atoms with Crippen LogP contribution >= 0.6 is 23.2 Å². The number of hydrogen-bond acceptors (Lipinski definition) is 7. The van der Waals surface area contributed by atoms with E-state index < -0.39 is 4.92 Å². The number of ether oxygens (including phenoxy) is 1. The Kier molecular flexibility index (Phi) is 6.05. The van der Waals surface area contributed by atoms with Crippen molar-refractivity contribution in [3.63, 3.8) is 0 Å². The summed E-state index contributed by atoms with van der Waals surface area (Å²) in [6, 6.07) is 0.133. The average molecular weight is 454 g/mol. The van der Waals surface area contributed by atoms with Crippen LogP contribution in [-0.2, 0) is 6.54 Å². The van der Waals surface area contributed by atoms with Gasteiger partial charge in [-0.2, -0.15) is 15.2 Å². The molecule has 12 heteroatoms. The van der Waals surface area contributed by atoms with E-state index in [-0.39, 0.29) is 29.5 Å². The van der Waals surface area contributed by atoms with Gasteiger partial charge in [0.2, 0.25) is 5.28 Å². The van der Waals surface area contributed by atoms with Crippen LogP contribution in [0.25, 0.3) is 11.0 Å². The van der Waals surface area contributed by atoms with E-state index in [0.717, 1.165) is 25.7 Å². The van der Waals surface area contributed by atoms with Crippen LogP contribution in [0.2, 0.25) is 10.4 Å². The molecule has 0 unspecified atom stereocenters. The lowest BCUT2D eigenvalue weighted by Gasteiger charge is -2.23. The number of aryl methyl sites for hydroxylation is 2. The molecule has 160 valence electrons. The molecular formula is C18H21Cl2N7O3. The van der Waals surface area contributed by atoms with Crippen LogP contribution in [0.1, 0.15) is 50.3 Å². The fourth-order valence-corrected chi connectivity index (χ4v) is 4.23. The summed E-state index contributed by atoms with van der Waals surface area (Å²) < 4.78 is 9.23. The highest BCUT2D eigenvalue weighted by atomic mass is 35.5. The van der Waals surface area contributed by atoms with Gasteiger partial charge < -0.3 is 4.74 Å². The topological polar surface area (TPSA) is 114 Å². The van der Waals surface area contributed by atoms with Gasteiger partial charge in [0.1, 0.15) is 5.69 Å². The van der Waals surface area contributed by atoms with E-state index in [1.807, 2.05) is 0 Å². The zero-order chi connectivity index (χ0) is 21.3. The SMILES string of the molecule is Cc1nn(C2CCCCC2)c(OCCCn2nc(Cl)c3cnc(Cl)nc32)c1[N+](=O)[O-]. The molecule has 3 aromatic rings. The van der Waals surface area contributed by atoms with Gasteiger partial charge >= 0.3 is 5.69 Å². The molecule has 3 heterocycles. The van der Waals surface area contributed by atoms with E-state index in [0.29, 0.717) is 34.8 Å². The Bertz CT molecular complexity index is 1080. The van der Waals surface area contributed by atoms with Gasteiger partial charge in [-0.15, -0.1) is 0 Å². The van der Waals surface area contributed by atoms with Gasteiger partial charge in [-0.1, -0.05) is 30.9 Å². The normalized spacial score (nSPS) is 15.0. The van der Waals surface area contributed by atoms with Crippen LogP contribution < -0.4 is 4.74 Å². The van der Waals surface area contributed by atoms with Crippen LogP contribution in [0.5, 0.6) is 5.88 Å². The Morgan fingerprint density at radius 1 is 1.27 bits per heavy atom. The highest BCUT2D eigenvalue weighted by Crippen LogP contribution is 2.37. The predicted octanol–water partition coefficient (Wildman–Crippen LogP) is 4.52. The first-order valence-electron chi connectivity index (χ1n) is 9.86. The molecule has 1 saturated carbocycles. The number of fused-ring (bicyclic) bond motifs is 1. The molecular weight excluding hydrogens is 433 g/mol. The quantitative estimate of drug-likeness (QED) is 0.223. The highest BCUT2D eigenvalue weighted by Gasteiger charge is 2.31. The van der Waals surface area contributed by atoms with Gasteiger partial charge in [-0.3, -0.25) is 10.1 Å². The lowest BCUT2D eigenvalue weighted by Crippen LogP contribution is -2.17. The third-order valence-corrected chi connectivity index (χ3v) is 5.74. The first-order chi connectivity index (χ1) is 14.5. The fourth-order valence-electron chi connectivity index (χ4n) is 3.88. The summed E-state index contributed by atoms with van der Waals surface area (Å²) in [4.78, 5) is 19.3. The van der Waals surface area contributed by atoms with Crippen molar-refractivity contribution in [1.82, 2.24) is 29.5 Å². The molecule has 0 spiro atoms. The summed E-state index contributed by atoms with van der Waals surface area (Å²) in [6.07, 6.45) is 7.34. The van der Waals surface area contributed by atoms with Crippen LogP contribution in [0.4, 0.5) is 5.69 Å². The number of hydrogen-bond donors (Lipinski definition) is 0. The summed E-state index contributed by atoms with van der Waals surface area (Å²) in [5.41, 5.74) is 0.846. The predicted molar refractivity (Wildman–Crippen MR) is 111 cm³/mol. The van der Waals surface area contributed by atoms with Crippen molar-refractivity contribution in [2.24, 2.45) is 0 Å². The van der Waals surface area contributed by atoms with E-state index >= 15 is 0 Å². The molecule has 30 heavy (non-hydrogen) atoms. The highest BCUT2D eigenvalue weighted by molar-refractivity contribution is 6.34. The number of halogens is 2. The summed E-state index contributed by atoms with van der Waals surface area (Å²) in [5.74, 6) is 0.234. The second kappa shape index (κ2) is 8.73. The third-order valence-electron chi connectivity index (χ3n) is 5.28. The largest absolute Gasteiger partial charge is 0.473 e. The molecule has 1 fully saturated rings. The lowest BCUT2D eigenvalue weighted by atomic mass is 9.96. The van der Waals surface area contributed by atoms with Gasteiger partial charge in [-0.05, 0) is 31.4 Å². The molecule has 0 atom stereocenters. The minimum atomic E-state index is -0.420.